The predicted octanol–water partition coefficient (Wildman–Crippen LogP) is 0.895. The second-order valence-electron chi connectivity index (χ2n) is 4.06. The normalized spacial score (nSPS) is 17.5. The fourth-order valence-electron chi connectivity index (χ4n) is 1.54. The quantitative estimate of drug-likeness (QED) is 0.772. The molecule has 1 aliphatic carbocycles. The minimum Gasteiger partial charge on any atom is -0.347 e. The third kappa shape index (κ3) is 2.34. The fraction of sp³-hybridized carbons (Fsp3) is 0.700. The van der Waals surface area contributed by atoms with Crippen LogP contribution < -0.4 is 5.32 Å². The average molecular weight is 208 g/mol. The zero-order valence-corrected chi connectivity index (χ0v) is 9.08. The van der Waals surface area contributed by atoms with E-state index in [0.29, 0.717) is 5.92 Å². The van der Waals surface area contributed by atoms with Gasteiger partial charge in [0.2, 0.25) is 5.82 Å². The minimum atomic E-state index is -0.176. The molecule has 82 valence electrons. The molecule has 1 heterocycles. The van der Waals surface area contributed by atoms with E-state index in [4.69, 9.17) is 0 Å². The Labute approximate surface area is 88.7 Å². The maximum Gasteiger partial charge on any atom is 0.291 e. The molecule has 2 N–H and O–H groups in total. The molecular formula is C10H16N4O. The Morgan fingerprint density at radius 2 is 2.40 bits per heavy atom. The van der Waals surface area contributed by atoms with Crippen LogP contribution in [0, 0.1) is 5.92 Å². The van der Waals surface area contributed by atoms with Gasteiger partial charge < -0.3 is 5.32 Å². The van der Waals surface area contributed by atoms with E-state index >= 15 is 0 Å². The van der Waals surface area contributed by atoms with E-state index in [2.05, 4.69) is 20.5 Å². The first-order chi connectivity index (χ1) is 7.20. The summed E-state index contributed by atoms with van der Waals surface area (Å²) in [5, 5.41) is 9.52. The monoisotopic (exact) mass is 208 g/mol. The Hall–Kier alpha value is -1.39. The van der Waals surface area contributed by atoms with Crippen LogP contribution in [0.1, 0.15) is 43.1 Å². The van der Waals surface area contributed by atoms with Crippen LogP contribution in [0.2, 0.25) is 0 Å². The van der Waals surface area contributed by atoms with Gasteiger partial charge in [-0.1, -0.05) is 6.92 Å². The molecule has 0 aliphatic heterocycles. The van der Waals surface area contributed by atoms with E-state index < -0.39 is 0 Å². The summed E-state index contributed by atoms with van der Waals surface area (Å²) in [5.41, 5.74) is 0. The van der Waals surface area contributed by atoms with Crippen molar-refractivity contribution in [3.8, 4) is 0 Å². The van der Waals surface area contributed by atoms with Crippen molar-refractivity contribution in [3.63, 3.8) is 0 Å². The summed E-state index contributed by atoms with van der Waals surface area (Å²) in [6, 6.07) is 0.237. The molecule has 1 saturated carbocycles. The van der Waals surface area contributed by atoms with Gasteiger partial charge in [0.1, 0.15) is 5.82 Å². The van der Waals surface area contributed by atoms with Crippen molar-refractivity contribution < 1.29 is 4.79 Å². The van der Waals surface area contributed by atoms with E-state index in [9.17, 15) is 4.79 Å². The van der Waals surface area contributed by atoms with Crippen molar-refractivity contribution in [2.75, 3.05) is 0 Å². The molecule has 0 radical (unpaired) electrons. The smallest absolute Gasteiger partial charge is 0.291 e. The number of nitrogens with one attached hydrogen (secondary N) is 2. The van der Waals surface area contributed by atoms with Gasteiger partial charge in [-0.2, -0.15) is 0 Å². The highest BCUT2D eigenvalue weighted by Crippen LogP contribution is 2.32. The van der Waals surface area contributed by atoms with Gasteiger partial charge in [0, 0.05) is 12.5 Å². The van der Waals surface area contributed by atoms with Gasteiger partial charge in [-0.3, -0.25) is 9.89 Å². The van der Waals surface area contributed by atoms with E-state index in [0.717, 1.165) is 12.2 Å². The van der Waals surface area contributed by atoms with Gasteiger partial charge in [0.05, 0.1) is 0 Å². The van der Waals surface area contributed by atoms with Crippen LogP contribution in [0.3, 0.4) is 0 Å². The molecule has 15 heavy (non-hydrogen) atoms. The maximum absolute atomic E-state index is 11.7. The number of aromatic amines is 1. The molecule has 5 heteroatoms. The molecule has 1 amide bonds. The molecular weight excluding hydrogens is 192 g/mol. The Morgan fingerprint density at radius 3 is 2.93 bits per heavy atom. The Kier molecular flexibility index (Phi) is 2.70. The average Bonchev–Trinajstić information content (AvgIpc) is 2.96. The summed E-state index contributed by atoms with van der Waals surface area (Å²) in [6.45, 7) is 4.00. The molecule has 1 unspecified atom stereocenters. The maximum atomic E-state index is 11.7. The van der Waals surface area contributed by atoms with Crippen LogP contribution in [0.15, 0.2) is 0 Å². The minimum absolute atomic E-state index is 0.176. The summed E-state index contributed by atoms with van der Waals surface area (Å²) in [7, 11) is 0. The van der Waals surface area contributed by atoms with E-state index in [-0.39, 0.29) is 17.8 Å². The third-order valence-corrected chi connectivity index (χ3v) is 2.76. The lowest BCUT2D eigenvalue weighted by Gasteiger charge is -2.10. The lowest BCUT2D eigenvalue weighted by molar-refractivity contribution is 0.0925. The molecule has 1 aliphatic rings. The van der Waals surface area contributed by atoms with Crippen molar-refractivity contribution >= 4 is 5.91 Å². The molecule has 0 aromatic carbocycles. The molecule has 1 aromatic rings. The Morgan fingerprint density at radius 1 is 1.67 bits per heavy atom. The molecule has 1 fully saturated rings. The number of aromatic nitrogens is 3. The number of hydrogen-bond acceptors (Lipinski definition) is 3. The summed E-state index contributed by atoms with van der Waals surface area (Å²) < 4.78 is 0. The second-order valence-corrected chi connectivity index (χ2v) is 4.06. The number of rotatable bonds is 4. The molecule has 0 saturated heterocycles. The van der Waals surface area contributed by atoms with Crippen molar-refractivity contribution in [2.45, 2.75) is 39.2 Å². The van der Waals surface area contributed by atoms with Crippen molar-refractivity contribution in [1.82, 2.24) is 20.5 Å². The first kappa shape index (κ1) is 10.1. The first-order valence-electron chi connectivity index (χ1n) is 5.43. The lowest BCUT2D eigenvalue weighted by Crippen LogP contribution is -2.34. The highest BCUT2D eigenvalue weighted by Gasteiger charge is 2.29. The van der Waals surface area contributed by atoms with E-state index in [1.54, 1.807) is 0 Å². The second kappa shape index (κ2) is 4.00. The highest BCUT2D eigenvalue weighted by molar-refractivity contribution is 5.90. The van der Waals surface area contributed by atoms with Gasteiger partial charge in [0.25, 0.3) is 5.91 Å². The molecule has 1 atom stereocenters. The molecule has 1 aromatic heterocycles. The Bertz CT molecular complexity index is 356. The van der Waals surface area contributed by atoms with Crippen LogP contribution in [-0.2, 0) is 6.42 Å². The molecule has 5 nitrogen and oxygen atoms in total. The fourth-order valence-corrected chi connectivity index (χ4v) is 1.54. The highest BCUT2D eigenvalue weighted by atomic mass is 16.2. The standard InChI is InChI=1S/C10H16N4O/c1-3-8-12-9(14-13-8)10(15)11-6(2)7-4-5-7/h6-7H,3-5H2,1-2H3,(H,11,15)(H,12,13,14). The summed E-state index contributed by atoms with van der Waals surface area (Å²) in [5.74, 6) is 1.47. The van der Waals surface area contributed by atoms with Gasteiger partial charge in [-0.05, 0) is 25.7 Å². The van der Waals surface area contributed by atoms with Gasteiger partial charge in [0.15, 0.2) is 0 Å². The third-order valence-electron chi connectivity index (χ3n) is 2.76. The number of aryl methyl sites for hydroxylation is 1. The van der Waals surface area contributed by atoms with Crippen LogP contribution >= 0.6 is 0 Å². The molecule has 0 spiro atoms. The topological polar surface area (TPSA) is 70.7 Å². The van der Waals surface area contributed by atoms with Crippen LogP contribution in [0.25, 0.3) is 0 Å². The van der Waals surface area contributed by atoms with Crippen LogP contribution in [-0.4, -0.2) is 27.1 Å². The summed E-state index contributed by atoms with van der Waals surface area (Å²) in [4.78, 5) is 15.7. The first-order valence-corrected chi connectivity index (χ1v) is 5.43. The molecule has 0 bridgehead atoms. The van der Waals surface area contributed by atoms with Crippen molar-refractivity contribution in [1.29, 1.82) is 0 Å². The zero-order chi connectivity index (χ0) is 10.8. The van der Waals surface area contributed by atoms with Crippen LogP contribution in [0.5, 0.6) is 0 Å². The van der Waals surface area contributed by atoms with Gasteiger partial charge in [-0.25, -0.2) is 4.98 Å². The number of carbonyl (C=O) groups excluding carboxylic acids is 1. The van der Waals surface area contributed by atoms with E-state index in [1.165, 1.54) is 12.8 Å². The largest absolute Gasteiger partial charge is 0.347 e. The number of carbonyl (C=O) groups is 1. The predicted molar refractivity (Wildman–Crippen MR) is 55.4 cm³/mol. The number of hydrogen-bond donors (Lipinski definition) is 2. The zero-order valence-electron chi connectivity index (χ0n) is 9.08. The van der Waals surface area contributed by atoms with Gasteiger partial charge in [-0.15, -0.1) is 5.10 Å². The van der Waals surface area contributed by atoms with Crippen molar-refractivity contribution in [2.24, 2.45) is 5.92 Å². The summed E-state index contributed by atoms with van der Waals surface area (Å²) in [6.07, 6.45) is 3.20. The Balaban J connectivity index is 1.94. The SMILES string of the molecule is CCc1nc(C(=O)NC(C)C2CC2)n[nH]1. The van der Waals surface area contributed by atoms with Gasteiger partial charge >= 0.3 is 0 Å². The lowest BCUT2D eigenvalue weighted by atomic mass is 10.2. The summed E-state index contributed by atoms with van der Waals surface area (Å²) >= 11 is 0. The van der Waals surface area contributed by atoms with E-state index in [1.807, 2.05) is 13.8 Å². The number of amides is 1. The molecule has 2 rings (SSSR count). The number of nitrogens with zero attached hydrogens (tertiary/aromatic N) is 2. The van der Waals surface area contributed by atoms with Crippen molar-refractivity contribution in [3.05, 3.63) is 11.6 Å². The van der Waals surface area contributed by atoms with Crippen LogP contribution in [0.4, 0.5) is 0 Å². The number of H-pyrrole nitrogens is 1.